The molecule has 11 heteroatoms. The van der Waals surface area contributed by atoms with Gasteiger partial charge in [-0.05, 0) is 24.3 Å². The number of nitrogens with one attached hydrogen (secondary N) is 1. The summed E-state index contributed by atoms with van der Waals surface area (Å²) in [5, 5.41) is 13.2. The van der Waals surface area contributed by atoms with Crippen LogP contribution in [0.5, 0.6) is 0 Å². The molecule has 2 aromatic carbocycles. The van der Waals surface area contributed by atoms with Gasteiger partial charge in [0.25, 0.3) is 5.91 Å². The second-order valence-electron chi connectivity index (χ2n) is 7.83. The van der Waals surface area contributed by atoms with Crippen molar-refractivity contribution in [2.24, 2.45) is 0 Å². The maximum absolute atomic E-state index is 14.8. The monoisotopic (exact) mass is 477 g/mol. The fourth-order valence-corrected chi connectivity index (χ4v) is 3.79. The number of esters is 1. The van der Waals surface area contributed by atoms with E-state index in [-0.39, 0.29) is 29.5 Å². The number of nitrogens with zero attached hydrogens (tertiary/aromatic N) is 4. The Hall–Kier alpha value is -4.22. The van der Waals surface area contributed by atoms with Crippen LogP contribution in [0.3, 0.4) is 0 Å². The number of aliphatic hydroxyl groups excluding tert-OH is 1. The van der Waals surface area contributed by atoms with E-state index in [2.05, 4.69) is 20.3 Å². The lowest BCUT2D eigenvalue weighted by Gasteiger charge is -2.16. The number of halogens is 1. The Balaban J connectivity index is 1.32. The first-order valence-corrected chi connectivity index (χ1v) is 10.8. The van der Waals surface area contributed by atoms with E-state index in [4.69, 9.17) is 9.47 Å². The van der Waals surface area contributed by atoms with E-state index in [0.29, 0.717) is 11.1 Å². The van der Waals surface area contributed by atoms with Gasteiger partial charge >= 0.3 is 5.97 Å². The third kappa shape index (κ3) is 4.46. The lowest BCUT2D eigenvalue weighted by Crippen LogP contribution is -2.31. The summed E-state index contributed by atoms with van der Waals surface area (Å²) in [6.45, 7) is -0.386. The predicted octanol–water partition coefficient (Wildman–Crippen LogP) is 2.53. The third-order valence-corrected chi connectivity index (χ3v) is 5.58. The number of aliphatic hydroxyl groups is 1. The van der Waals surface area contributed by atoms with Crippen LogP contribution < -0.4 is 5.32 Å². The zero-order valence-electron chi connectivity index (χ0n) is 18.2. The number of hydrogen-bond donors (Lipinski definition) is 2. The number of anilines is 1. The van der Waals surface area contributed by atoms with Crippen molar-refractivity contribution in [1.82, 2.24) is 19.5 Å². The van der Waals surface area contributed by atoms with Gasteiger partial charge in [-0.25, -0.2) is 24.1 Å². The SMILES string of the molecule is O=C(Nc1ncnc2c1ncn2[C@@H]1O[C@H](COC(=O)c2ccccc2)[C@@H](F)[C@H]1O)c1ccccc1. The molecular weight excluding hydrogens is 457 g/mol. The zero-order valence-corrected chi connectivity index (χ0v) is 18.2. The topological polar surface area (TPSA) is 128 Å². The Morgan fingerprint density at radius 1 is 1.03 bits per heavy atom. The molecule has 1 aliphatic rings. The average Bonchev–Trinajstić information content (AvgIpc) is 3.45. The van der Waals surface area contributed by atoms with Gasteiger partial charge in [0.15, 0.2) is 29.4 Å². The van der Waals surface area contributed by atoms with Crippen molar-refractivity contribution in [3.8, 4) is 0 Å². The molecule has 0 aliphatic carbocycles. The highest BCUT2D eigenvalue weighted by molar-refractivity contribution is 6.06. The van der Waals surface area contributed by atoms with Gasteiger partial charge in [0.05, 0.1) is 11.9 Å². The number of rotatable bonds is 6. The summed E-state index contributed by atoms with van der Waals surface area (Å²) in [4.78, 5) is 37.2. The molecule has 1 saturated heterocycles. The van der Waals surface area contributed by atoms with E-state index in [1.54, 1.807) is 60.7 Å². The van der Waals surface area contributed by atoms with Crippen LogP contribution in [0.4, 0.5) is 10.2 Å². The van der Waals surface area contributed by atoms with Crippen LogP contribution in [0.25, 0.3) is 11.2 Å². The van der Waals surface area contributed by atoms with Crippen molar-refractivity contribution in [2.75, 3.05) is 11.9 Å². The third-order valence-electron chi connectivity index (χ3n) is 5.58. The van der Waals surface area contributed by atoms with Crippen LogP contribution in [0.15, 0.2) is 73.3 Å². The number of alkyl halides is 1. The highest BCUT2D eigenvalue weighted by Gasteiger charge is 2.46. The molecule has 3 heterocycles. The molecule has 0 unspecified atom stereocenters. The Morgan fingerprint density at radius 3 is 2.43 bits per heavy atom. The molecule has 0 radical (unpaired) electrons. The van der Waals surface area contributed by atoms with Gasteiger partial charge in [-0.1, -0.05) is 36.4 Å². The van der Waals surface area contributed by atoms with Crippen LogP contribution in [-0.2, 0) is 9.47 Å². The van der Waals surface area contributed by atoms with Crippen molar-refractivity contribution >= 4 is 28.9 Å². The Morgan fingerprint density at radius 2 is 1.71 bits per heavy atom. The smallest absolute Gasteiger partial charge is 0.338 e. The Kier molecular flexibility index (Phi) is 6.17. The van der Waals surface area contributed by atoms with E-state index >= 15 is 0 Å². The number of fused-ring (bicyclic) bond motifs is 1. The number of hydrogen-bond acceptors (Lipinski definition) is 8. The Bertz CT molecular complexity index is 1350. The van der Waals surface area contributed by atoms with Crippen LogP contribution in [0, 0.1) is 0 Å². The standard InChI is InChI=1S/C24H20FN5O5/c25-17-16(11-34-24(33)15-9-5-2-6-10-15)35-23(19(17)31)30-13-28-18-20(26-12-27-21(18)30)29-22(32)14-7-3-1-4-8-14/h1-10,12-13,16-17,19,23,31H,11H2,(H,26,27,29,32)/t16-,17-,19-,23-/m1/s1. The summed E-state index contributed by atoms with van der Waals surface area (Å²) in [5.74, 6) is -0.861. The molecule has 4 aromatic rings. The van der Waals surface area contributed by atoms with E-state index < -0.39 is 30.6 Å². The van der Waals surface area contributed by atoms with Gasteiger partial charge in [0.2, 0.25) is 0 Å². The lowest BCUT2D eigenvalue weighted by atomic mass is 10.1. The Labute approximate surface area is 198 Å². The van der Waals surface area contributed by atoms with Crippen LogP contribution in [0.1, 0.15) is 26.9 Å². The fourth-order valence-electron chi connectivity index (χ4n) is 3.79. The molecule has 1 amide bonds. The second kappa shape index (κ2) is 9.57. The fraction of sp³-hybridized carbons (Fsp3) is 0.208. The molecule has 5 rings (SSSR count). The van der Waals surface area contributed by atoms with E-state index in [1.165, 1.54) is 17.2 Å². The van der Waals surface area contributed by atoms with E-state index in [0.717, 1.165) is 0 Å². The van der Waals surface area contributed by atoms with Crippen molar-refractivity contribution in [1.29, 1.82) is 0 Å². The van der Waals surface area contributed by atoms with Crippen LogP contribution in [-0.4, -0.2) is 61.5 Å². The molecule has 10 nitrogen and oxygen atoms in total. The van der Waals surface area contributed by atoms with Gasteiger partial charge in [-0.3, -0.25) is 9.36 Å². The number of carbonyl (C=O) groups excluding carboxylic acids is 2. The number of carbonyl (C=O) groups is 2. The summed E-state index contributed by atoms with van der Waals surface area (Å²) >= 11 is 0. The molecule has 178 valence electrons. The number of benzene rings is 2. The largest absolute Gasteiger partial charge is 0.459 e. The molecule has 0 bridgehead atoms. The van der Waals surface area contributed by atoms with Crippen molar-refractivity contribution in [3.63, 3.8) is 0 Å². The lowest BCUT2D eigenvalue weighted by molar-refractivity contribution is -0.0544. The van der Waals surface area contributed by atoms with E-state index in [1.807, 2.05) is 0 Å². The quantitative estimate of drug-likeness (QED) is 0.406. The average molecular weight is 477 g/mol. The van der Waals surface area contributed by atoms with Gasteiger partial charge in [0, 0.05) is 5.56 Å². The minimum absolute atomic E-state index is 0.153. The molecule has 4 atom stereocenters. The highest BCUT2D eigenvalue weighted by atomic mass is 19.1. The van der Waals surface area contributed by atoms with Gasteiger partial charge in [0.1, 0.15) is 25.1 Å². The molecule has 0 spiro atoms. The maximum Gasteiger partial charge on any atom is 0.338 e. The molecule has 35 heavy (non-hydrogen) atoms. The summed E-state index contributed by atoms with van der Waals surface area (Å²) in [6.07, 6.45) is -3.22. The maximum atomic E-state index is 14.8. The van der Waals surface area contributed by atoms with Gasteiger partial charge < -0.3 is 19.9 Å². The highest BCUT2D eigenvalue weighted by Crippen LogP contribution is 2.34. The van der Waals surface area contributed by atoms with Crippen molar-refractivity contribution in [2.45, 2.75) is 24.6 Å². The first-order valence-electron chi connectivity index (χ1n) is 10.8. The second-order valence-corrected chi connectivity index (χ2v) is 7.83. The van der Waals surface area contributed by atoms with Crippen LogP contribution >= 0.6 is 0 Å². The number of ether oxygens (including phenoxy) is 2. The summed E-state index contributed by atoms with van der Waals surface area (Å²) in [7, 11) is 0. The predicted molar refractivity (Wildman–Crippen MR) is 121 cm³/mol. The molecule has 2 aromatic heterocycles. The summed E-state index contributed by atoms with van der Waals surface area (Å²) < 4.78 is 27.0. The molecule has 1 aliphatic heterocycles. The summed E-state index contributed by atoms with van der Waals surface area (Å²) in [6, 6.07) is 16.9. The number of imidazole rings is 1. The zero-order chi connectivity index (χ0) is 24.4. The van der Waals surface area contributed by atoms with Crippen LogP contribution in [0.2, 0.25) is 0 Å². The first-order chi connectivity index (χ1) is 17.0. The minimum atomic E-state index is -1.82. The van der Waals surface area contributed by atoms with Gasteiger partial charge in [-0.2, -0.15) is 0 Å². The molecule has 0 saturated carbocycles. The molecular formula is C24H20FN5O5. The van der Waals surface area contributed by atoms with Crippen molar-refractivity contribution in [3.05, 3.63) is 84.4 Å². The summed E-state index contributed by atoms with van der Waals surface area (Å²) in [5.41, 5.74) is 1.21. The van der Waals surface area contributed by atoms with E-state index in [9.17, 15) is 19.1 Å². The number of aromatic nitrogens is 4. The normalized spacial score (nSPS) is 21.7. The molecule has 2 N–H and O–H groups in total. The number of amides is 1. The van der Waals surface area contributed by atoms with Crippen molar-refractivity contribution < 1.29 is 28.6 Å². The van der Waals surface area contributed by atoms with Gasteiger partial charge in [-0.15, -0.1) is 0 Å². The minimum Gasteiger partial charge on any atom is -0.459 e. The first kappa shape index (κ1) is 22.6. The molecule has 1 fully saturated rings.